The van der Waals surface area contributed by atoms with Gasteiger partial charge in [-0.15, -0.1) is 0 Å². The molecule has 2 aliphatic rings. The third-order valence-corrected chi connectivity index (χ3v) is 5.98. The number of likely N-dealkylation sites (tertiary alicyclic amines) is 1. The van der Waals surface area contributed by atoms with E-state index < -0.39 is 0 Å². The van der Waals surface area contributed by atoms with Gasteiger partial charge in [-0.1, -0.05) is 19.8 Å². The standard InChI is InChI=1S/C21H44N6/c1-4-22-21(23-11-10-14-26-12-8-6-7-9-13-26)24-19-20(3)27-17-15-25(5-2)16-18-27/h20H,4-19H2,1-3H3,(H2,22,23,24). The van der Waals surface area contributed by atoms with Crippen LogP contribution in [0.3, 0.4) is 0 Å². The van der Waals surface area contributed by atoms with E-state index in [1.54, 1.807) is 0 Å². The molecule has 0 aromatic carbocycles. The summed E-state index contributed by atoms with van der Waals surface area (Å²) >= 11 is 0. The summed E-state index contributed by atoms with van der Waals surface area (Å²) in [7, 11) is 0. The SMILES string of the molecule is CCNC(=NCC(C)N1CCN(CC)CC1)NCCCN1CCCCCC1. The minimum absolute atomic E-state index is 0.511. The fourth-order valence-electron chi connectivity index (χ4n) is 4.07. The molecule has 2 saturated heterocycles. The normalized spacial score (nSPS) is 22.4. The second kappa shape index (κ2) is 13.3. The van der Waals surface area contributed by atoms with Crippen LogP contribution in [-0.4, -0.2) is 98.7 Å². The average molecular weight is 381 g/mol. The predicted molar refractivity (Wildman–Crippen MR) is 117 cm³/mol. The van der Waals surface area contributed by atoms with E-state index in [1.165, 1.54) is 84.5 Å². The molecule has 2 N–H and O–H groups in total. The van der Waals surface area contributed by atoms with Crippen molar-refractivity contribution in [3.63, 3.8) is 0 Å². The summed E-state index contributed by atoms with van der Waals surface area (Å²) in [6, 6.07) is 0.511. The number of hydrogen-bond donors (Lipinski definition) is 2. The number of rotatable bonds is 9. The van der Waals surface area contributed by atoms with E-state index in [-0.39, 0.29) is 0 Å². The summed E-state index contributed by atoms with van der Waals surface area (Å²) in [4.78, 5) is 12.6. The minimum Gasteiger partial charge on any atom is -0.357 e. The van der Waals surface area contributed by atoms with E-state index in [0.717, 1.165) is 25.6 Å². The highest BCUT2D eigenvalue weighted by Crippen LogP contribution is 2.09. The van der Waals surface area contributed by atoms with Crippen molar-refractivity contribution in [1.82, 2.24) is 25.3 Å². The zero-order valence-corrected chi connectivity index (χ0v) is 18.2. The van der Waals surface area contributed by atoms with Crippen LogP contribution in [0.15, 0.2) is 4.99 Å². The van der Waals surface area contributed by atoms with Crippen molar-refractivity contribution in [1.29, 1.82) is 0 Å². The zero-order chi connectivity index (χ0) is 19.3. The molecule has 0 bridgehead atoms. The van der Waals surface area contributed by atoms with E-state index in [9.17, 15) is 0 Å². The fraction of sp³-hybridized carbons (Fsp3) is 0.952. The average Bonchev–Trinajstić information content (AvgIpc) is 2.98. The minimum atomic E-state index is 0.511. The van der Waals surface area contributed by atoms with Gasteiger partial charge in [0.25, 0.3) is 0 Å². The summed E-state index contributed by atoms with van der Waals surface area (Å²) in [6.07, 6.45) is 6.78. The topological polar surface area (TPSA) is 46.1 Å². The molecule has 6 heteroatoms. The van der Waals surface area contributed by atoms with E-state index in [1.807, 2.05) is 0 Å². The van der Waals surface area contributed by atoms with Gasteiger partial charge in [0.2, 0.25) is 0 Å². The molecule has 2 fully saturated rings. The molecule has 2 heterocycles. The van der Waals surface area contributed by atoms with Gasteiger partial charge in [-0.25, -0.2) is 0 Å². The van der Waals surface area contributed by atoms with Crippen LogP contribution >= 0.6 is 0 Å². The lowest BCUT2D eigenvalue weighted by atomic mass is 10.2. The molecular weight excluding hydrogens is 336 g/mol. The second-order valence-corrected chi connectivity index (χ2v) is 8.08. The molecule has 0 saturated carbocycles. The molecule has 0 aromatic heterocycles. The van der Waals surface area contributed by atoms with Crippen molar-refractivity contribution >= 4 is 5.96 Å². The van der Waals surface area contributed by atoms with Gasteiger partial charge in [-0.3, -0.25) is 9.89 Å². The summed E-state index contributed by atoms with van der Waals surface area (Å²) in [5.41, 5.74) is 0. The smallest absolute Gasteiger partial charge is 0.191 e. The van der Waals surface area contributed by atoms with Crippen LogP contribution in [0.5, 0.6) is 0 Å². The third kappa shape index (κ3) is 8.79. The second-order valence-electron chi connectivity index (χ2n) is 8.08. The van der Waals surface area contributed by atoms with Crippen molar-refractivity contribution in [2.24, 2.45) is 4.99 Å². The molecule has 6 nitrogen and oxygen atoms in total. The lowest BCUT2D eigenvalue weighted by Gasteiger charge is -2.37. The zero-order valence-electron chi connectivity index (χ0n) is 18.2. The first-order chi connectivity index (χ1) is 13.2. The fourth-order valence-corrected chi connectivity index (χ4v) is 4.07. The number of nitrogens with one attached hydrogen (secondary N) is 2. The number of aliphatic imine (C=N–C) groups is 1. The Hall–Kier alpha value is -0.850. The first-order valence-corrected chi connectivity index (χ1v) is 11.4. The van der Waals surface area contributed by atoms with Gasteiger partial charge in [0.05, 0.1) is 6.54 Å². The Bertz CT molecular complexity index is 397. The maximum atomic E-state index is 4.85. The molecule has 0 aromatic rings. The number of likely N-dealkylation sites (N-methyl/N-ethyl adjacent to an activating group) is 1. The Labute approximate surface area is 167 Å². The number of guanidine groups is 1. The molecule has 2 rings (SSSR count). The monoisotopic (exact) mass is 380 g/mol. The quantitative estimate of drug-likeness (QED) is 0.363. The van der Waals surface area contributed by atoms with Crippen LogP contribution in [-0.2, 0) is 0 Å². The van der Waals surface area contributed by atoms with Crippen LogP contribution in [0.25, 0.3) is 0 Å². The van der Waals surface area contributed by atoms with Crippen molar-refractivity contribution in [3.05, 3.63) is 0 Å². The van der Waals surface area contributed by atoms with Crippen LogP contribution < -0.4 is 10.6 Å². The molecule has 0 amide bonds. The Morgan fingerprint density at radius 3 is 2.22 bits per heavy atom. The van der Waals surface area contributed by atoms with Crippen LogP contribution in [0.2, 0.25) is 0 Å². The van der Waals surface area contributed by atoms with E-state index in [2.05, 4.69) is 46.1 Å². The van der Waals surface area contributed by atoms with Gasteiger partial charge in [0.15, 0.2) is 5.96 Å². The van der Waals surface area contributed by atoms with Gasteiger partial charge in [0, 0.05) is 45.3 Å². The molecule has 158 valence electrons. The molecule has 0 spiro atoms. The molecular formula is C21H44N6. The van der Waals surface area contributed by atoms with Gasteiger partial charge < -0.3 is 20.4 Å². The largest absolute Gasteiger partial charge is 0.357 e. The molecule has 27 heavy (non-hydrogen) atoms. The lowest BCUT2D eigenvalue weighted by molar-refractivity contribution is 0.109. The van der Waals surface area contributed by atoms with Crippen LogP contribution in [0.4, 0.5) is 0 Å². The van der Waals surface area contributed by atoms with E-state index >= 15 is 0 Å². The van der Waals surface area contributed by atoms with Gasteiger partial charge >= 0.3 is 0 Å². The first-order valence-electron chi connectivity index (χ1n) is 11.4. The highest BCUT2D eigenvalue weighted by atomic mass is 15.3. The Balaban J connectivity index is 1.66. The van der Waals surface area contributed by atoms with Crippen molar-refractivity contribution in [2.75, 3.05) is 72.0 Å². The van der Waals surface area contributed by atoms with Gasteiger partial charge in [0.1, 0.15) is 0 Å². The Morgan fingerprint density at radius 2 is 1.59 bits per heavy atom. The van der Waals surface area contributed by atoms with E-state index in [4.69, 9.17) is 4.99 Å². The molecule has 0 radical (unpaired) electrons. The predicted octanol–water partition coefficient (Wildman–Crippen LogP) is 1.83. The molecule has 0 aliphatic carbocycles. The molecule has 1 atom stereocenters. The maximum Gasteiger partial charge on any atom is 0.191 e. The van der Waals surface area contributed by atoms with Crippen molar-refractivity contribution in [3.8, 4) is 0 Å². The highest BCUT2D eigenvalue weighted by molar-refractivity contribution is 5.79. The number of hydrogen-bond acceptors (Lipinski definition) is 4. The van der Waals surface area contributed by atoms with E-state index in [0.29, 0.717) is 6.04 Å². The third-order valence-electron chi connectivity index (χ3n) is 5.98. The number of piperazine rings is 1. The maximum absolute atomic E-state index is 4.85. The molecule has 1 unspecified atom stereocenters. The highest BCUT2D eigenvalue weighted by Gasteiger charge is 2.19. The van der Waals surface area contributed by atoms with Crippen molar-refractivity contribution in [2.45, 2.75) is 58.9 Å². The van der Waals surface area contributed by atoms with Crippen LogP contribution in [0.1, 0.15) is 52.9 Å². The first kappa shape index (κ1) is 22.4. The summed E-state index contributed by atoms with van der Waals surface area (Å²) in [5.74, 6) is 0.979. The summed E-state index contributed by atoms with van der Waals surface area (Å²) in [5, 5.41) is 6.94. The molecule has 2 aliphatic heterocycles. The summed E-state index contributed by atoms with van der Waals surface area (Å²) in [6.45, 7) is 19.2. The number of nitrogens with zero attached hydrogens (tertiary/aromatic N) is 4. The lowest BCUT2D eigenvalue weighted by Crippen LogP contribution is -2.50. The van der Waals surface area contributed by atoms with Crippen LogP contribution in [0, 0.1) is 0 Å². The van der Waals surface area contributed by atoms with Crippen molar-refractivity contribution < 1.29 is 0 Å². The van der Waals surface area contributed by atoms with Gasteiger partial charge in [-0.2, -0.15) is 0 Å². The van der Waals surface area contributed by atoms with Gasteiger partial charge in [-0.05, 0) is 59.3 Å². The Morgan fingerprint density at radius 1 is 0.889 bits per heavy atom. The summed E-state index contributed by atoms with van der Waals surface area (Å²) < 4.78 is 0. The Kier molecular flexibility index (Phi) is 11.1.